The third-order valence-corrected chi connectivity index (χ3v) is 1.51. The van der Waals surface area contributed by atoms with Crippen LogP contribution in [0, 0.1) is 0 Å². The molecule has 1 unspecified atom stereocenters. The zero-order chi connectivity index (χ0) is 8.85. The van der Waals surface area contributed by atoms with Gasteiger partial charge in [0.25, 0.3) is 0 Å². The van der Waals surface area contributed by atoms with Crippen LogP contribution in [0.4, 0.5) is 0 Å². The summed E-state index contributed by atoms with van der Waals surface area (Å²) in [6.07, 6.45) is 1.47. The van der Waals surface area contributed by atoms with Gasteiger partial charge in [-0.25, -0.2) is 0 Å². The molecule has 0 saturated heterocycles. The summed E-state index contributed by atoms with van der Waals surface area (Å²) in [6, 6.07) is 0. The van der Waals surface area contributed by atoms with Crippen molar-refractivity contribution >= 4 is 5.91 Å². The van der Waals surface area contributed by atoms with E-state index in [0.29, 0.717) is 13.0 Å². The number of hydrogen-bond acceptors (Lipinski definition) is 2. The Morgan fingerprint density at radius 1 is 1.82 bits per heavy atom. The fraction of sp³-hybridized carbons (Fsp3) is 0.625. The first-order valence-electron chi connectivity index (χ1n) is 3.67. The Morgan fingerprint density at radius 3 is 2.73 bits per heavy atom. The summed E-state index contributed by atoms with van der Waals surface area (Å²) >= 11 is 0. The average molecular weight is 157 g/mol. The average Bonchev–Trinajstić information content (AvgIpc) is 2.02. The maximum absolute atomic E-state index is 10.9. The van der Waals surface area contributed by atoms with Gasteiger partial charge in [-0.15, -0.1) is 0 Å². The topological polar surface area (TPSA) is 40.5 Å². The highest BCUT2D eigenvalue weighted by Gasteiger charge is 2.08. The van der Waals surface area contributed by atoms with Crippen molar-refractivity contribution in [1.29, 1.82) is 0 Å². The van der Waals surface area contributed by atoms with Crippen molar-refractivity contribution < 1.29 is 9.90 Å². The van der Waals surface area contributed by atoms with Crippen LogP contribution in [0.2, 0.25) is 0 Å². The van der Waals surface area contributed by atoms with Crippen LogP contribution >= 0.6 is 0 Å². The van der Waals surface area contributed by atoms with E-state index in [1.807, 2.05) is 6.92 Å². The number of nitrogens with zero attached hydrogens (tertiary/aromatic N) is 1. The summed E-state index contributed by atoms with van der Waals surface area (Å²) in [4.78, 5) is 12.3. The van der Waals surface area contributed by atoms with Crippen molar-refractivity contribution in [2.45, 2.75) is 19.4 Å². The maximum Gasteiger partial charge on any atom is 0.245 e. The fourth-order valence-corrected chi connectivity index (χ4v) is 0.691. The minimum atomic E-state index is -0.427. The van der Waals surface area contributed by atoms with Crippen LogP contribution in [0.15, 0.2) is 12.7 Å². The highest BCUT2D eigenvalue weighted by atomic mass is 16.3. The number of aliphatic hydroxyl groups is 1. The van der Waals surface area contributed by atoms with Crippen molar-refractivity contribution in [3.63, 3.8) is 0 Å². The van der Waals surface area contributed by atoms with Gasteiger partial charge in [-0.1, -0.05) is 13.5 Å². The molecule has 0 aromatic heterocycles. The lowest BCUT2D eigenvalue weighted by molar-refractivity contribution is -0.126. The predicted molar refractivity (Wildman–Crippen MR) is 44.1 cm³/mol. The first-order valence-corrected chi connectivity index (χ1v) is 3.67. The number of carbonyl (C=O) groups is 1. The number of amides is 1. The predicted octanol–water partition coefficient (Wildman–Crippen LogP) is 0.402. The smallest absolute Gasteiger partial charge is 0.245 e. The Balaban J connectivity index is 3.76. The normalized spacial score (nSPS) is 12.3. The zero-order valence-corrected chi connectivity index (χ0v) is 7.08. The minimum Gasteiger partial charge on any atom is -0.391 e. The number of hydrogen-bond donors (Lipinski definition) is 1. The summed E-state index contributed by atoms with van der Waals surface area (Å²) in [5, 5.41) is 9.14. The maximum atomic E-state index is 10.9. The van der Waals surface area contributed by atoms with Gasteiger partial charge in [-0.3, -0.25) is 4.79 Å². The first kappa shape index (κ1) is 10.2. The van der Waals surface area contributed by atoms with Crippen LogP contribution < -0.4 is 0 Å². The summed E-state index contributed by atoms with van der Waals surface area (Å²) in [7, 11) is 1.64. The van der Waals surface area contributed by atoms with Gasteiger partial charge in [-0.2, -0.15) is 0 Å². The molecule has 3 heteroatoms. The molecular formula is C8H15NO2. The number of carbonyl (C=O) groups excluding carboxylic acids is 1. The van der Waals surface area contributed by atoms with E-state index in [0.717, 1.165) is 0 Å². The van der Waals surface area contributed by atoms with Crippen LogP contribution in [-0.4, -0.2) is 35.6 Å². The van der Waals surface area contributed by atoms with Gasteiger partial charge in [-0.05, 0) is 12.5 Å². The van der Waals surface area contributed by atoms with Crippen LogP contribution in [-0.2, 0) is 4.79 Å². The zero-order valence-electron chi connectivity index (χ0n) is 7.08. The Kier molecular flexibility index (Phi) is 4.54. The standard InChI is InChI=1S/C8H15NO2/c1-4-7(10)6-9(3)8(11)5-2/h5,7,10H,2,4,6H2,1,3H3. The van der Waals surface area contributed by atoms with Gasteiger partial charge >= 0.3 is 0 Å². The van der Waals surface area contributed by atoms with E-state index < -0.39 is 6.10 Å². The molecule has 1 N–H and O–H groups in total. The van der Waals surface area contributed by atoms with Crippen LogP contribution in [0.3, 0.4) is 0 Å². The molecule has 0 spiro atoms. The fourth-order valence-electron chi connectivity index (χ4n) is 0.691. The molecule has 0 aromatic rings. The third kappa shape index (κ3) is 3.78. The Hall–Kier alpha value is -0.830. The quantitative estimate of drug-likeness (QED) is 0.600. The molecular weight excluding hydrogens is 142 g/mol. The van der Waals surface area contributed by atoms with Gasteiger partial charge in [0.15, 0.2) is 0 Å². The third-order valence-electron chi connectivity index (χ3n) is 1.51. The Bertz CT molecular complexity index is 145. The molecule has 0 fully saturated rings. The molecule has 0 radical (unpaired) electrons. The molecule has 0 rings (SSSR count). The SMILES string of the molecule is C=CC(=O)N(C)CC(O)CC. The van der Waals surface area contributed by atoms with Crippen molar-refractivity contribution in [2.75, 3.05) is 13.6 Å². The first-order chi connectivity index (χ1) is 5.11. The molecule has 0 aromatic carbocycles. The van der Waals surface area contributed by atoms with Crippen molar-refractivity contribution in [3.05, 3.63) is 12.7 Å². The van der Waals surface area contributed by atoms with E-state index >= 15 is 0 Å². The molecule has 3 nitrogen and oxygen atoms in total. The molecule has 0 bridgehead atoms. The van der Waals surface area contributed by atoms with E-state index in [9.17, 15) is 4.79 Å². The molecule has 11 heavy (non-hydrogen) atoms. The van der Waals surface area contributed by atoms with Crippen LogP contribution in [0.5, 0.6) is 0 Å². The summed E-state index contributed by atoms with van der Waals surface area (Å²) in [6.45, 7) is 5.59. The van der Waals surface area contributed by atoms with E-state index in [4.69, 9.17) is 5.11 Å². The highest BCUT2D eigenvalue weighted by Crippen LogP contribution is 1.94. The van der Waals surface area contributed by atoms with Crippen molar-refractivity contribution in [3.8, 4) is 0 Å². The Morgan fingerprint density at radius 2 is 2.36 bits per heavy atom. The van der Waals surface area contributed by atoms with Crippen molar-refractivity contribution in [1.82, 2.24) is 4.90 Å². The molecule has 0 saturated carbocycles. The van der Waals surface area contributed by atoms with E-state index in [2.05, 4.69) is 6.58 Å². The van der Waals surface area contributed by atoms with Gasteiger partial charge in [0.05, 0.1) is 6.10 Å². The second kappa shape index (κ2) is 4.91. The minimum absolute atomic E-state index is 0.155. The molecule has 0 heterocycles. The molecule has 0 aliphatic heterocycles. The molecule has 0 aliphatic rings. The number of aliphatic hydroxyl groups excluding tert-OH is 1. The highest BCUT2D eigenvalue weighted by molar-refractivity contribution is 5.86. The second-order valence-electron chi connectivity index (χ2n) is 2.48. The lowest BCUT2D eigenvalue weighted by Crippen LogP contribution is -2.32. The number of likely N-dealkylation sites (N-methyl/N-ethyl adjacent to an activating group) is 1. The Labute approximate surface area is 67.3 Å². The van der Waals surface area contributed by atoms with Crippen molar-refractivity contribution in [2.24, 2.45) is 0 Å². The lowest BCUT2D eigenvalue weighted by Gasteiger charge is -2.17. The molecule has 0 aliphatic carbocycles. The largest absolute Gasteiger partial charge is 0.391 e. The molecule has 1 atom stereocenters. The summed E-state index contributed by atoms with van der Waals surface area (Å²) < 4.78 is 0. The van der Waals surface area contributed by atoms with Crippen LogP contribution in [0.1, 0.15) is 13.3 Å². The molecule has 64 valence electrons. The van der Waals surface area contributed by atoms with Crippen LogP contribution in [0.25, 0.3) is 0 Å². The van der Waals surface area contributed by atoms with E-state index in [1.165, 1.54) is 11.0 Å². The van der Waals surface area contributed by atoms with Gasteiger partial charge < -0.3 is 10.0 Å². The lowest BCUT2D eigenvalue weighted by atomic mass is 10.2. The second-order valence-corrected chi connectivity index (χ2v) is 2.48. The van der Waals surface area contributed by atoms with Gasteiger partial charge in [0.2, 0.25) is 5.91 Å². The summed E-state index contributed by atoms with van der Waals surface area (Å²) in [5.74, 6) is -0.155. The number of rotatable bonds is 4. The molecule has 1 amide bonds. The van der Waals surface area contributed by atoms with Gasteiger partial charge in [0, 0.05) is 13.6 Å². The monoisotopic (exact) mass is 157 g/mol. The summed E-state index contributed by atoms with van der Waals surface area (Å²) in [5.41, 5.74) is 0. The van der Waals surface area contributed by atoms with E-state index in [1.54, 1.807) is 7.05 Å². The van der Waals surface area contributed by atoms with Gasteiger partial charge in [0.1, 0.15) is 0 Å². The van der Waals surface area contributed by atoms with E-state index in [-0.39, 0.29) is 5.91 Å².